The van der Waals surface area contributed by atoms with Gasteiger partial charge in [-0.15, -0.1) is 0 Å². The first-order chi connectivity index (χ1) is 8.47. The molecule has 1 aromatic rings. The smallest absolute Gasteiger partial charge is 0.259 e. The van der Waals surface area contributed by atoms with Gasteiger partial charge in [0, 0.05) is 0 Å². The molecule has 0 spiro atoms. The van der Waals surface area contributed by atoms with Crippen molar-refractivity contribution in [3.63, 3.8) is 0 Å². The Morgan fingerprint density at radius 1 is 1.44 bits per heavy atom. The van der Waals surface area contributed by atoms with Crippen LogP contribution in [0.15, 0.2) is 18.2 Å². The number of aromatic hydroxyl groups is 2. The van der Waals surface area contributed by atoms with Gasteiger partial charge in [0.2, 0.25) is 0 Å². The number of rotatable bonds is 5. The van der Waals surface area contributed by atoms with Crippen LogP contribution in [0.1, 0.15) is 30.1 Å². The van der Waals surface area contributed by atoms with Gasteiger partial charge in [0.25, 0.3) is 5.91 Å². The summed E-state index contributed by atoms with van der Waals surface area (Å²) in [5, 5.41) is 21.7. The molecule has 1 atom stereocenters. The molecule has 0 heterocycles. The molecule has 1 aromatic carbocycles. The van der Waals surface area contributed by atoms with Crippen molar-refractivity contribution < 1.29 is 15.0 Å². The first-order valence-electron chi connectivity index (χ1n) is 5.58. The van der Waals surface area contributed by atoms with E-state index in [1.807, 2.05) is 6.92 Å². The van der Waals surface area contributed by atoms with E-state index in [1.54, 1.807) is 0 Å². The molecule has 1 amide bonds. The summed E-state index contributed by atoms with van der Waals surface area (Å²) in [6.07, 6.45) is 1.41. The Balaban J connectivity index is 2.90. The third kappa shape index (κ3) is 3.33. The molecule has 18 heavy (non-hydrogen) atoms. The molecule has 1 unspecified atom stereocenters. The maximum absolute atomic E-state index is 11.9. The Labute approximate surface area is 111 Å². The van der Waals surface area contributed by atoms with Gasteiger partial charge in [0.1, 0.15) is 17.1 Å². The lowest BCUT2D eigenvalue weighted by Crippen LogP contribution is -2.43. The van der Waals surface area contributed by atoms with E-state index in [-0.39, 0.29) is 22.1 Å². The molecule has 0 aliphatic heterocycles. The second-order valence-corrected chi connectivity index (χ2v) is 4.36. The predicted octanol–water partition coefficient (Wildman–Crippen LogP) is 1.28. The molecule has 0 aliphatic rings. The zero-order chi connectivity index (χ0) is 13.7. The third-order valence-corrected chi connectivity index (χ3v) is 2.76. The van der Waals surface area contributed by atoms with Gasteiger partial charge in [-0.1, -0.05) is 31.6 Å². The number of nitrogens with one attached hydrogen (secondary N) is 1. The fourth-order valence-electron chi connectivity index (χ4n) is 1.57. The zero-order valence-corrected chi connectivity index (χ0v) is 10.8. The molecule has 5 nitrogen and oxygen atoms in total. The van der Waals surface area contributed by atoms with Gasteiger partial charge < -0.3 is 21.3 Å². The van der Waals surface area contributed by atoms with Crippen molar-refractivity contribution in [2.24, 2.45) is 5.73 Å². The van der Waals surface area contributed by atoms with Crippen LogP contribution in [0, 0.1) is 0 Å². The van der Waals surface area contributed by atoms with Crippen LogP contribution in [0.5, 0.6) is 11.5 Å². The summed E-state index contributed by atoms with van der Waals surface area (Å²) >= 11 is 4.85. The van der Waals surface area contributed by atoms with Crippen LogP contribution in [0.2, 0.25) is 0 Å². The van der Waals surface area contributed by atoms with E-state index in [9.17, 15) is 15.0 Å². The molecule has 0 aliphatic carbocycles. The molecular weight excluding hydrogens is 252 g/mol. The highest BCUT2D eigenvalue weighted by atomic mass is 32.1. The zero-order valence-electron chi connectivity index (χ0n) is 10.0. The summed E-state index contributed by atoms with van der Waals surface area (Å²) in [5.41, 5.74) is 5.35. The number of carbonyl (C=O) groups excluding carboxylic acids is 1. The second-order valence-electron chi connectivity index (χ2n) is 3.89. The SMILES string of the molecule is CCCC(NC(=O)c1c(O)cccc1O)C(N)=S. The minimum atomic E-state index is -0.600. The first-order valence-corrected chi connectivity index (χ1v) is 5.99. The van der Waals surface area contributed by atoms with E-state index in [0.29, 0.717) is 6.42 Å². The van der Waals surface area contributed by atoms with E-state index >= 15 is 0 Å². The molecule has 6 heteroatoms. The number of phenols is 2. The quantitative estimate of drug-likeness (QED) is 0.603. The average Bonchev–Trinajstić information content (AvgIpc) is 2.28. The number of hydrogen-bond donors (Lipinski definition) is 4. The summed E-state index contributed by atoms with van der Waals surface area (Å²) < 4.78 is 0. The highest BCUT2D eigenvalue weighted by Gasteiger charge is 2.20. The summed E-state index contributed by atoms with van der Waals surface area (Å²) in [6, 6.07) is 3.64. The molecule has 0 bridgehead atoms. The van der Waals surface area contributed by atoms with Crippen LogP contribution in [-0.2, 0) is 0 Å². The number of carbonyl (C=O) groups is 1. The number of amides is 1. The summed E-state index contributed by atoms with van der Waals surface area (Å²) in [4.78, 5) is 12.1. The van der Waals surface area contributed by atoms with Crippen molar-refractivity contribution in [1.82, 2.24) is 5.32 Å². The van der Waals surface area contributed by atoms with Crippen molar-refractivity contribution >= 4 is 23.1 Å². The van der Waals surface area contributed by atoms with Gasteiger partial charge >= 0.3 is 0 Å². The topological polar surface area (TPSA) is 95.6 Å². The Morgan fingerprint density at radius 3 is 2.44 bits per heavy atom. The van der Waals surface area contributed by atoms with E-state index in [2.05, 4.69) is 5.32 Å². The van der Waals surface area contributed by atoms with Gasteiger partial charge in [-0.05, 0) is 18.6 Å². The Morgan fingerprint density at radius 2 is 2.00 bits per heavy atom. The maximum atomic E-state index is 11.9. The largest absolute Gasteiger partial charge is 0.507 e. The molecular formula is C12H16N2O3S. The summed E-state index contributed by atoms with van der Waals surface area (Å²) in [7, 11) is 0. The Bertz CT molecular complexity index is 442. The fourth-order valence-corrected chi connectivity index (χ4v) is 1.74. The van der Waals surface area contributed by atoms with Gasteiger partial charge in [-0.25, -0.2) is 0 Å². The Hall–Kier alpha value is -1.82. The molecule has 1 rings (SSSR count). The van der Waals surface area contributed by atoms with Crippen LogP contribution < -0.4 is 11.1 Å². The monoisotopic (exact) mass is 268 g/mol. The van der Waals surface area contributed by atoms with Crippen LogP contribution in [0.25, 0.3) is 0 Å². The van der Waals surface area contributed by atoms with Crippen molar-refractivity contribution in [2.75, 3.05) is 0 Å². The van der Waals surface area contributed by atoms with Crippen molar-refractivity contribution in [2.45, 2.75) is 25.8 Å². The molecule has 0 fully saturated rings. The molecule has 0 radical (unpaired) electrons. The summed E-state index contributed by atoms with van der Waals surface area (Å²) in [6.45, 7) is 1.94. The highest BCUT2D eigenvalue weighted by molar-refractivity contribution is 7.80. The standard InChI is InChI=1S/C12H16N2O3S/c1-2-4-7(11(13)18)14-12(17)10-8(15)5-3-6-9(10)16/h3,5-7,15-16H,2,4H2,1H3,(H2,13,18)(H,14,17). The van der Waals surface area contributed by atoms with Crippen LogP contribution >= 0.6 is 12.2 Å². The number of phenolic OH excluding ortho intramolecular Hbond substituents is 2. The van der Waals surface area contributed by atoms with Crippen LogP contribution in [0.3, 0.4) is 0 Å². The molecule has 98 valence electrons. The third-order valence-electron chi connectivity index (χ3n) is 2.47. The molecule has 0 saturated heterocycles. The summed E-state index contributed by atoms with van der Waals surface area (Å²) in [5.74, 6) is -1.17. The van der Waals surface area contributed by atoms with Gasteiger partial charge in [-0.2, -0.15) is 0 Å². The normalized spacial score (nSPS) is 11.8. The minimum Gasteiger partial charge on any atom is -0.507 e. The van der Waals surface area contributed by atoms with Crippen LogP contribution in [0.4, 0.5) is 0 Å². The maximum Gasteiger partial charge on any atom is 0.259 e. The van der Waals surface area contributed by atoms with Crippen molar-refractivity contribution in [1.29, 1.82) is 0 Å². The molecule has 5 N–H and O–H groups in total. The fraction of sp³-hybridized carbons (Fsp3) is 0.333. The van der Waals surface area contributed by atoms with Gasteiger partial charge in [0.05, 0.1) is 11.0 Å². The van der Waals surface area contributed by atoms with E-state index in [0.717, 1.165) is 6.42 Å². The van der Waals surface area contributed by atoms with Crippen molar-refractivity contribution in [3.8, 4) is 11.5 Å². The lowest BCUT2D eigenvalue weighted by Gasteiger charge is -2.17. The van der Waals surface area contributed by atoms with E-state index in [4.69, 9.17) is 18.0 Å². The van der Waals surface area contributed by atoms with Gasteiger partial charge in [-0.3, -0.25) is 4.79 Å². The molecule has 0 aromatic heterocycles. The van der Waals surface area contributed by atoms with Crippen molar-refractivity contribution in [3.05, 3.63) is 23.8 Å². The second kappa shape index (κ2) is 6.20. The first kappa shape index (κ1) is 14.2. The predicted molar refractivity (Wildman–Crippen MR) is 72.7 cm³/mol. The Kier molecular flexibility index (Phi) is 4.91. The van der Waals surface area contributed by atoms with E-state index in [1.165, 1.54) is 18.2 Å². The lowest BCUT2D eigenvalue weighted by molar-refractivity contribution is 0.0940. The number of nitrogens with two attached hydrogens (primary N) is 1. The minimum absolute atomic E-state index is 0.171. The average molecular weight is 268 g/mol. The highest BCUT2D eigenvalue weighted by Crippen LogP contribution is 2.26. The number of thiocarbonyl (C=S) groups is 1. The van der Waals surface area contributed by atoms with Gasteiger partial charge in [0.15, 0.2) is 0 Å². The number of benzene rings is 1. The van der Waals surface area contributed by atoms with E-state index < -0.39 is 11.9 Å². The van der Waals surface area contributed by atoms with Crippen LogP contribution in [-0.4, -0.2) is 27.2 Å². The lowest BCUT2D eigenvalue weighted by atomic mass is 10.1. The number of hydrogen-bond acceptors (Lipinski definition) is 4. The molecule has 0 saturated carbocycles.